The summed E-state index contributed by atoms with van der Waals surface area (Å²) in [5.74, 6) is 0. The second-order valence-corrected chi connectivity index (χ2v) is 4.41. The number of allylic oxidation sites excluding steroid dienone is 4. The van der Waals surface area contributed by atoms with Crippen molar-refractivity contribution in [3.8, 4) is 0 Å². The lowest BCUT2D eigenvalue weighted by Crippen LogP contribution is -1.87. The van der Waals surface area contributed by atoms with Crippen LogP contribution in [0.3, 0.4) is 0 Å². The summed E-state index contributed by atoms with van der Waals surface area (Å²) in [6.07, 6.45) is 11.3. The molecule has 64 valence electrons. The molecule has 0 aromatic heterocycles. The highest BCUT2D eigenvalue weighted by atomic mass is 14.3. The molecule has 0 saturated carbocycles. The van der Waals surface area contributed by atoms with Crippen molar-refractivity contribution in [2.45, 2.75) is 51.4 Å². The SMILES string of the molecule is C1CC2=C3CCC1=C(CC2)CC3. The summed E-state index contributed by atoms with van der Waals surface area (Å²) in [6, 6.07) is 0. The third kappa shape index (κ3) is 0.903. The van der Waals surface area contributed by atoms with Crippen molar-refractivity contribution in [3.05, 3.63) is 22.3 Å². The molecule has 0 saturated heterocycles. The van der Waals surface area contributed by atoms with E-state index in [1.165, 1.54) is 51.4 Å². The van der Waals surface area contributed by atoms with Crippen molar-refractivity contribution in [3.63, 3.8) is 0 Å². The highest BCUT2D eigenvalue weighted by Crippen LogP contribution is 2.43. The first-order valence-corrected chi connectivity index (χ1v) is 5.33. The molecule has 0 amide bonds. The summed E-state index contributed by atoms with van der Waals surface area (Å²) in [6.45, 7) is 0. The van der Waals surface area contributed by atoms with Gasteiger partial charge in [0.05, 0.1) is 0 Å². The molecule has 0 unspecified atom stereocenters. The van der Waals surface area contributed by atoms with Gasteiger partial charge in [0.1, 0.15) is 0 Å². The largest absolute Gasteiger partial charge is 0.0704 e. The minimum absolute atomic E-state index is 1.41. The van der Waals surface area contributed by atoms with Crippen molar-refractivity contribution in [2.24, 2.45) is 0 Å². The third-order valence-corrected chi connectivity index (χ3v) is 3.91. The van der Waals surface area contributed by atoms with Crippen LogP contribution in [0.4, 0.5) is 0 Å². The van der Waals surface area contributed by atoms with Crippen LogP contribution in [0.15, 0.2) is 22.3 Å². The van der Waals surface area contributed by atoms with Gasteiger partial charge in [-0.05, 0) is 51.4 Å². The molecule has 4 bridgehead atoms. The van der Waals surface area contributed by atoms with Crippen molar-refractivity contribution >= 4 is 0 Å². The van der Waals surface area contributed by atoms with Crippen LogP contribution in [0.1, 0.15) is 51.4 Å². The van der Waals surface area contributed by atoms with Crippen LogP contribution in [0.2, 0.25) is 0 Å². The summed E-state index contributed by atoms with van der Waals surface area (Å²) in [5, 5.41) is 0. The topological polar surface area (TPSA) is 0 Å². The number of fused-ring (bicyclic) bond motifs is 4. The fraction of sp³-hybridized carbons (Fsp3) is 0.667. The zero-order valence-electron chi connectivity index (χ0n) is 7.66. The average molecular weight is 160 g/mol. The second kappa shape index (κ2) is 2.48. The Morgan fingerprint density at radius 3 is 0.667 bits per heavy atom. The van der Waals surface area contributed by atoms with Crippen LogP contribution >= 0.6 is 0 Å². The summed E-state index contributed by atoms with van der Waals surface area (Å²) in [4.78, 5) is 0. The van der Waals surface area contributed by atoms with Gasteiger partial charge < -0.3 is 0 Å². The minimum Gasteiger partial charge on any atom is -0.0704 e. The van der Waals surface area contributed by atoms with Gasteiger partial charge in [-0.2, -0.15) is 0 Å². The lowest BCUT2D eigenvalue weighted by atomic mass is 9.99. The standard InChI is InChI=1S/C12H16/c1-2-10-5-6-11-7-8-12(10)4-3-9(1)11/h1-8H2. The van der Waals surface area contributed by atoms with E-state index in [0.717, 1.165) is 0 Å². The smallest absolute Gasteiger partial charge is 0.0280 e. The molecule has 0 nitrogen and oxygen atoms in total. The Bertz CT molecular complexity index is 196. The summed E-state index contributed by atoms with van der Waals surface area (Å²) in [7, 11) is 0. The van der Waals surface area contributed by atoms with Crippen LogP contribution in [-0.4, -0.2) is 0 Å². The monoisotopic (exact) mass is 160 g/mol. The Labute approximate surface area is 74.4 Å². The predicted octanol–water partition coefficient (Wildman–Crippen LogP) is 3.74. The van der Waals surface area contributed by atoms with Gasteiger partial charge in [0.25, 0.3) is 0 Å². The molecular weight excluding hydrogens is 144 g/mol. The first kappa shape index (κ1) is 6.94. The molecule has 0 spiro atoms. The van der Waals surface area contributed by atoms with Crippen LogP contribution in [0, 0.1) is 0 Å². The zero-order valence-corrected chi connectivity index (χ0v) is 7.66. The lowest BCUT2D eigenvalue weighted by molar-refractivity contribution is 0.864. The van der Waals surface area contributed by atoms with Gasteiger partial charge in [-0.15, -0.1) is 0 Å². The van der Waals surface area contributed by atoms with E-state index in [0.29, 0.717) is 0 Å². The first-order valence-electron chi connectivity index (χ1n) is 5.33. The van der Waals surface area contributed by atoms with E-state index < -0.39 is 0 Å². The molecule has 0 aromatic carbocycles. The Hall–Kier alpha value is -0.520. The molecule has 0 heterocycles. The third-order valence-electron chi connectivity index (χ3n) is 3.91. The molecule has 0 atom stereocenters. The quantitative estimate of drug-likeness (QED) is 0.473. The first-order chi connectivity index (χ1) is 5.93. The van der Waals surface area contributed by atoms with Gasteiger partial charge in [0.2, 0.25) is 0 Å². The zero-order chi connectivity index (χ0) is 7.97. The fourth-order valence-corrected chi connectivity index (χ4v) is 3.12. The Kier molecular flexibility index (Phi) is 1.44. The van der Waals surface area contributed by atoms with Gasteiger partial charge in [0, 0.05) is 0 Å². The van der Waals surface area contributed by atoms with Gasteiger partial charge in [0.15, 0.2) is 0 Å². The Morgan fingerprint density at radius 2 is 0.500 bits per heavy atom. The van der Waals surface area contributed by atoms with Gasteiger partial charge in [-0.1, -0.05) is 22.3 Å². The normalized spacial score (nSPS) is 28.0. The summed E-state index contributed by atoms with van der Waals surface area (Å²) < 4.78 is 0. The molecule has 0 fully saturated rings. The van der Waals surface area contributed by atoms with E-state index in [4.69, 9.17) is 0 Å². The summed E-state index contributed by atoms with van der Waals surface area (Å²) >= 11 is 0. The molecule has 0 aliphatic heterocycles. The molecule has 12 heavy (non-hydrogen) atoms. The van der Waals surface area contributed by atoms with E-state index in [1.807, 2.05) is 22.3 Å². The molecule has 0 radical (unpaired) electrons. The average Bonchev–Trinajstić information content (AvgIpc) is 2.51. The Balaban J connectivity index is 2.16. The molecule has 4 aliphatic carbocycles. The van der Waals surface area contributed by atoms with Gasteiger partial charge in [-0.3, -0.25) is 0 Å². The van der Waals surface area contributed by atoms with Crippen molar-refractivity contribution in [1.82, 2.24) is 0 Å². The second-order valence-electron chi connectivity index (χ2n) is 4.41. The van der Waals surface area contributed by atoms with Crippen molar-refractivity contribution < 1.29 is 0 Å². The predicted molar refractivity (Wildman–Crippen MR) is 51.0 cm³/mol. The van der Waals surface area contributed by atoms with Crippen LogP contribution in [0.25, 0.3) is 0 Å². The molecular formula is C12H16. The van der Waals surface area contributed by atoms with E-state index in [-0.39, 0.29) is 0 Å². The van der Waals surface area contributed by atoms with Gasteiger partial charge in [-0.25, -0.2) is 0 Å². The van der Waals surface area contributed by atoms with Crippen molar-refractivity contribution in [1.29, 1.82) is 0 Å². The van der Waals surface area contributed by atoms with Gasteiger partial charge >= 0.3 is 0 Å². The number of hydrogen-bond donors (Lipinski definition) is 0. The van der Waals surface area contributed by atoms with Crippen LogP contribution < -0.4 is 0 Å². The molecule has 0 aromatic rings. The Morgan fingerprint density at radius 1 is 0.333 bits per heavy atom. The van der Waals surface area contributed by atoms with Crippen LogP contribution in [0.5, 0.6) is 0 Å². The van der Waals surface area contributed by atoms with Crippen LogP contribution in [-0.2, 0) is 0 Å². The minimum atomic E-state index is 1.41. The van der Waals surface area contributed by atoms with E-state index in [9.17, 15) is 0 Å². The number of rotatable bonds is 0. The maximum Gasteiger partial charge on any atom is -0.0280 e. The molecule has 4 rings (SSSR count). The molecule has 4 aliphatic rings. The van der Waals surface area contributed by atoms with Crippen molar-refractivity contribution in [2.75, 3.05) is 0 Å². The highest BCUT2D eigenvalue weighted by molar-refractivity contribution is 5.33. The fourth-order valence-electron chi connectivity index (χ4n) is 3.12. The highest BCUT2D eigenvalue weighted by Gasteiger charge is 2.24. The molecule has 0 heteroatoms. The van der Waals surface area contributed by atoms with E-state index in [1.54, 1.807) is 0 Å². The van der Waals surface area contributed by atoms with E-state index in [2.05, 4.69) is 0 Å². The number of hydrogen-bond acceptors (Lipinski definition) is 0. The summed E-state index contributed by atoms with van der Waals surface area (Å²) in [5.41, 5.74) is 7.38. The molecule has 0 N–H and O–H groups in total. The lowest BCUT2D eigenvalue weighted by Gasteiger charge is -2.07. The van der Waals surface area contributed by atoms with E-state index >= 15 is 0 Å². The maximum absolute atomic E-state index is 1.84. The maximum atomic E-state index is 1.84.